The Hall–Kier alpha value is -3.04. The van der Waals surface area contributed by atoms with Crippen LogP contribution in [0.3, 0.4) is 0 Å². The lowest BCUT2D eigenvalue weighted by Gasteiger charge is -2.40. The van der Waals surface area contributed by atoms with E-state index < -0.39 is 6.04 Å². The number of aliphatic imine (C=N–C) groups is 1. The Morgan fingerprint density at radius 2 is 1.86 bits per heavy atom. The fourth-order valence-electron chi connectivity index (χ4n) is 5.23. The second-order valence-corrected chi connectivity index (χ2v) is 9.85. The summed E-state index contributed by atoms with van der Waals surface area (Å²) >= 11 is 4.67. The second kappa shape index (κ2) is 10.3. The highest BCUT2D eigenvalue weighted by molar-refractivity contribution is 7.81. The third-order valence-electron chi connectivity index (χ3n) is 7.13. The molecule has 3 heterocycles. The summed E-state index contributed by atoms with van der Waals surface area (Å²) in [6, 6.07) is 17.4. The van der Waals surface area contributed by atoms with E-state index >= 15 is 0 Å². The van der Waals surface area contributed by atoms with Crippen molar-refractivity contribution in [2.45, 2.75) is 30.9 Å². The Bertz CT molecular complexity index is 1100. The number of benzene rings is 2. The van der Waals surface area contributed by atoms with Crippen LogP contribution in [0.25, 0.3) is 0 Å². The minimum absolute atomic E-state index is 0.000175. The standard InChI is InChI=1S/C26H31N5O3S/c32-24(23-27-12-13-28-23)29-21(17-34-16-19-6-2-1-3-7-19)25(33)30-14-10-26(11-15-30)18-31(35)22-9-5-4-8-20(22)26/h1-9,21,35H,10-18H2,(H,27,28)(H,29,32)/t21-/m1/s1. The van der Waals surface area contributed by atoms with Gasteiger partial charge in [-0.15, -0.1) is 0 Å². The molecule has 3 aliphatic heterocycles. The number of amides is 2. The Balaban J connectivity index is 1.25. The topological polar surface area (TPSA) is 86.3 Å². The first-order chi connectivity index (χ1) is 17.1. The molecule has 0 unspecified atom stereocenters. The monoisotopic (exact) mass is 493 g/mol. The number of nitrogens with zero attached hydrogens (tertiary/aromatic N) is 3. The molecule has 1 atom stereocenters. The first-order valence-electron chi connectivity index (χ1n) is 12.1. The van der Waals surface area contributed by atoms with E-state index in [0.717, 1.165) is 30.6 Å². The molecule has 8 nitrogen and oxygen atoms in total. The molecule has 2 aromatic rings. The predicted octanol–water partition coefficient (Wildman–Crippen LogP) is 1.91. The van der Waals surface area contributed by atoms with E-state index in [1.165, 1.54) is 5.56 Å². The van der Waals surface area contributed by atoms with Gasteiger partial charge in [-0.05, 0) is 30.0 Å². The van der Waals surface area contributed by atoms with Crippen molar-refractivity contribution in [1.82, 2.24) is 15.5 Å². The van der Waals surface area contributed by atoms with Crippen LogP contribution in [-0.2, 0) is 26.3 Å². The fourth-order valence-corrected chi connectivity index (χ4v) is 5.67. The van der Waals surface area contributed by atoms with E-state index in [1.54, 1.807) is 0 Å². The maximum atomic E-state index is 13.5. The van der Waals surface area contributed by atoms with Crippen molar-refractivity contribution in [3.05, 3.63) is 65.7 Å². The third-order valence-corrected chi connectivity index (χ3v) is 7.48. The molecule has 35 heavy (non-hydrogen) atoms. The summed E-state index contributed by atoms with van der Waals surface area (Å²) in [7, 11) is 0. The number of carbonyl (C=O) groups excluding carboxylic acids is 2. The molecule has 0 radical (unpaired) electrons. The van der Waals surface area contributed by atoms with Crippen LogP contribution in [0.15, 0.2) is 59.6 Å². The van der Waals surface area contributed by atoms with Crippen molar-refractivity contribution in [3.63, 3.8) is 0 Å². The minimum Gasteiger partial charge on any atom is -0.374 e. The number of ether oxygens (including phenoxy) is 1. The van der Waals surface area contributed by atoms with Gasteiger partial charge < -0.3 is 24.6 Å². The highest BCUT2D eigenvalue weighted by atomic mass is 32.1. The quantitative estimate of drug-likeness (QED) is 0.513. The average molecular weight is 494 g/mol. The van der Waals surface area contributed by atoms with Crippen LogP contribution in [0.1, 0.15) is 24.0 Å². The number of thiol groups is 1. The maximum Gasteiger partial charge on any atom is 0.287 e. The molecule has 0 bridgehead atoms. The van der Waals surface area contributed by atoms with Crippen LogP contribution in [-0.4, -0.2) is 67.9 Å². The van der Waals surface area contributed by atoms with E-state index in [1.807, 2.05) is 45.6 Å². The van der Waals surface area contributed by atoms with Crippen LogP contribution >= 0.6 is 12.8 Å². The van der Waals surface area contributed by atoms with Crippen molar-refractivity contribution < 1.29 is 14.3 Å². The van der Waals surface area contributed by atoms with Crippen molar-refractivity contribution in [1.29, 1.82) is 0 Å². The van der Waals surface area contributed by atoms with Crippen LogP contribution in [0.5, 0.6) is 0 Å². The number of carbonyl (C=O) groups is 2. The number of nitrogens with one attached hydrogen (secondary N) is 2. The van der Waals surface area contributed by atoms with E-state index in [9.17, 15) is 9.59 Å². The smallest absolute Gasteiger partial charge is 0.287 e. The van der Waals surface area contributed by atoms with Crippen molar-refractivity contribution in [3.8, 4) is 0 Å². The molecule has 2 aromatic carbocycles. The van der Waals surface area contributed by atoms with Gasteiger partial charge in [0.15, 0.2) is 5.84 Å². The second-order valence-electron chi connectivity index (χ2n) is 9.36. The molecular formula is C26H31N5O3S. The molecule has 0 saturated carbocycles. The molecule has 0 aromatic heterocycles. The summed E-state index contributed by atoms with van der Waals surface area (Å²) in [5.74, 6) is -0.207. The molecule has 184 valence electrons. The zero-order valence-electron chi connectivity index (χ0n) is 19.7. The van der Waals surface area contributed by atoms with Crippen molar-refractivity contribution in [2.24, 2.45) is 4.99 Å². The maximum absolute atomic E-state index is 13.5. The molecule has 9 heteroatoms. The van der Waals surface area contributed by atoms with Gasteiger partial charge >= 0.3 is 0 Å². The van der Waals surface area contributed by atoms with Crippen LogP contribution in [0.2, 0.25) is 0 Å². The lowest BCUT2D eigenvalue weighted by Crippen LogP contribution is -2.56. The lowest BCUT2D eigenvalue weighted by atomic mass is 9.74. The van der Waals surface area contributed by atoms with Gasteiger partial charge in [-0.1, -0.05) is 61.3 Å². The molecule has 0 aliphatic carbocycles. The number of para-hydroxylation sites is 1. The number of anilines is 1. The summed E-state index contributed by atoms with van der Waals surface area (Å²) in [5, 5.41) is 5.83. The van der Waals surface area contributed by atoms with E-state index in [-0.39, 0.29) is 29.7 Å². The lowest BCUT2D eigenvalue weighted by molar-refractivity contribution is -0.138. The Morgan fingerprint density at radius 1 is 1.11 bits per heavy atom. The normalized spacial score (nSPS) is 19.2. The van der Waals surface area contributed by atoms with Gasteiger partial charge in [0.25, 0.3) is 5.91 Å². The van der Waals surface area contributed by atoms with Gasteiger partial charge in [0.1, 0.15) is 6.04 Å². The largest absolute Gasteiger partial charge is 0.374 e. The molecule has 1 fully saturated rings. The van der Waals surface area contributed by atoms with Crippen molar-refractivity contribution in [2.75, 3.05) is 43.6 Å². The predicted molar refractivity (Wildman–Crippen MR) is 139 cm³/mol. The number of hydrogen-bond acceptors (Lipinski definition) is 7. The molecule has 1 spiro atoms. The van der Waals surface area contributed by atoms with Gasteiger partial charge in [0, 0.05) is 31.6 Å². The van der Waals surface area contributed by atoms with Gasteiger partial charge in [0.05, 0.1) is 25.4 Å². The molecule has 1 saturated heterocycles. The van der Waals surface area contributed by atoms with Crippen LogP contribution in [0.4, 0.5) is 5.69 Å². The molecular weight excluding hydrogens is 462 g/mol. The van der Waals surface area contributed by atoms with E-state index in [2.05, 4.69) is 46.6 Å². The highest BCUT2D eigenvalue weighted by Crippen LogP contribution is 2.47. The van der Waals surface area contributed by atoms with Gasteiger partial charge in [-0.2, -0.15) is 0 Å². The summed E-state index contributed by atoms with van der Waals surface area (Å²) in [5.41, 5.74) is 3.48. The van der Waals surface area contributed by atoms with Crippen molar-refractivity contribution >= 4 is 36.2 Å². The number of amidine groups is 1. The summed E-state index contributed by atoms with van der Waals surface area (Å²) in [6.07, 6.45) is 1.71. The molecule has 2 amide bonds. The van der Waals surface area contributed by atoms with Gasteiger partial charge in [-0.3, -0.25) is 14.6 Å². The third kappa shape index (κ3) is 5.01. The average Bonchev–Trinajstić information content (AvgIpc) is 3.52. The van der Waals surface area contributed by atoms with Gasteiger partial charge in [0.2, 0.25) is 5.91 Å². The first kappa shape index (κ1) is 23.7. The summed E-state index contributed by atoms with van der Waals surface area (Å²) < 4.78 is 7.89. The summed E-state index contributed by atoms with van der Waals surface area (Å²) in [6.45, 7) is 3.74. The van der Waals surface area contributed by atoms with E-state index in [0.29, 0.717) is 32.8 Å². The number of rotatable bonds is 7. The number of likely N-dealkylation sites (tertiary alicyclic amines) is 1. The first-order valence-corrected chi connectivity index (χ1v) is 12.5. The zero-order valence-corrected chi connectivity index (χ0v) is 20.5. The Labute approximate surface area is 211 Å². The molecule has 2 N–H and O–H groups in total. The highest BCUT2D eigenvalue weighted by Gasteiger charge is 2.45. The summed E-state index contributed by atoms with van der Waals surface area (Å²) in [4.78, 5) is 32.3. The van der Waals surface area contributed by atoms with E-state index in [4.69, 9.17) is 4.74 Å². The molecule has 3 aliphatic rings. The minimum atomic E-state index is -0.775. The SMILES string of the molecule is O=C(N[C@H](COCc1ccccc1)C(=O)N1CCC2(CC1)CN(S)c1ccccc12)C1=NCCN1. The Morgan fingerprint density at radius 3 is 2.60 bits per heavy atom. The number of fused-ring (bicyclic) bond motifs is 2. The zero-order chi connectivity index (χ0) is 24.3. The van der Waals surface area contributed by atoms with Crippen LogP contribution in [0, 0.1) is 0 Å². The number of hydrogen-bond donors (Lipinski definition) is 3. The van der Waals surface area contributed by atoms with Crippen LogP contribution < -0.4 is 14.9 Å². The molecule has 5 rings (SSSR count). The number of piperidine rings is 1. The fraction of sp³-hybridized carbons (Fsp3) is 0.423. The Kier molecular flexibility index (Phi) is 6.97. The van der Waals surface area contributed by atoms with Gasteiger partial charge in [-0.25, -0.2) is 0 Å².